The summed E-state index contributed by atoms with van der Waals surface area (Å²) in [5.41, 5.74) is 5.04. The highest BCUT2D eigenvalue weighted by atomic mass is 19.4. The average Bonchev–Trinajstić information content (AvgIpc) is 2.31. The fourth-order valence-corrected chi connectivity index (χ4v) is 1.36. The van der Waals surface area contributed by atoms with Crippen molar-refractivity contribution in [2.75, 3.05) is 11.1 Å². The number of benzene rings is 1. The van der Waals surface area contributed by atoms with Gasteiger partial charge in [0.05, 0.1) is 5.56 Å². The lowest BCUT2D eigenvalue weighted by molar-refractivity contribution is -0.137. The summed E-state index contributed by atoms with van der Waals surface area (Å²) in [6.07, 6.45) is -1.59. The molecule has 0 unspecified atom stereocenters. The molecule has 0 spiro atoms. The van der Waals surface area contributed by atoms with Crippen molar-refractivity contribution in [2.45, 2.75) is 6.18 Å². The van der Waals surface area contributed by atoms with Crippen molar-refractivity contribution in [3.63, 3.8) is 0 Å². The molecule has 0 radical (unpaired) electrons. The molecule has 0 amide bonds. The number of alkyl halides is 3. The van der Waals surface area contributed by atoms with Crippen LogP contribution in [0.15, 0.2) is 36.7 Å². The van der Waals surface area contributed by atoms with E-state index in [0.29, 0.717) is 0 Å². The molecule has 1 aromatic heterocycles. The molecule has 0 aliphatic carbocycles. The van der Waals surface area contributed by atoms with E-state index in [0.717, 1.165) is 12.1 Å². The molecule has 2 aromatic rings. The number of nitrogens with two attached hydrogens (primary N) is 1. The van der Waals surface area contributed by atoms with Crippen molar-refractivity contribution in [2.24, 2.45) is 0 Å². The molecule has 94 valence electrons. The number of rotatable bonds is 2. The molecule has 18 heavy (non-hydrogen) atoms. The maximum Gasteiger partial charge on any atom is 0.416 e. The van der Waals surface area contributed by atoms with Gasteiger partial charge in [0.1, 0.15) is 0 Å². The zero-order valence-electron chi connectivity index (χ0n) is 9.07. The average molecular weight is 254 g/mol. The molecule has 4 nitrogen and oxygen atoms in total. The SMILES string of the molecule is Nc1nccnc1Nc1cccc(C(F)(F)F)c1. The number of anilines is 3. The normalized spacial score (nSPS) is 11.3. The summed E-state index contributed by atoms with van der Waals surface area (Å²) in [4.78, 5) is 7.66. The molecule has 3 N–H and O–H groups in total. The maximum absolute atomic E-state index is 12.5. The van der Waals surface area contributed by atoms with E-state index >= 15 is 0 Å². The van der Waals surface area contributed by atoms with Gasteiger partial charge < -0.3 is 11.1 Å². The molecular formula is C11H9F3N4. The summed E-state index contributed by atoms with van der Waals surface area (Å²) in [5, 5.41) is 2.69. The van der Waals surface area contributed by atoms with Gasteiger partial charge in [-0.2, -0.15) is 13.2 Å². The number of hydrogen-bond donors (Lipinski definition) is 2. The Labute approximate surface area is 101 Å². The molecule has 0 saturated heterocycles. The van der Waals surface area contributed by atoms with Gasteiger partial charge in [-0.25, -0.2) is 9.97 Å². The lowest BCUT2D eigenvalue weighted by Crippen LogP contribution is -2.06. The van der Waals surface area contributed by atoms with E-state index in [1.165, 1.54) is 24.5 Å². The topological polar surface area (TPSA) is 63.8 Å². The molecule has 0 fully saturated rings. The van der Waals surface area contributed by atoms with Crippen molar-refractivity contribution in [1.29, 1.82) is 0 Å². The number of nitrogens with one attached hydrogen (secondary N) is 1. The van der Waals surface area contributed by atoms with E-state index in [9.17, 15) is 13.2 Å². The molecule has 0 saturated carbocycles. The van der Waals surface area contributed by atoms with Crippen molar-refractivity contribution in [1.82, 2.24) is 9.97 Å². The van der Waals surface area contributed by atoms with E-state index in [2.05, 4.69) is 15.3 Å². The summed E-state index contributed by atoms with van der Waals surface area (Å²) < 4.78 is 37.5. The second-order valence-corrected chi connectivity index (χ2v) is 3.49. The Morgan fingerprint density at radius 1 is 1.11 bits per heavy atom. The van der Waals surface area contributed by atoms with Crippen LogP contribution in [0.2, 0.25) is 0 Å². The lowest BCUT2D eigenvalue weighted by Gasteiger charge is -2.10. The Morgan fingerprint density at radius 3 is 2.50 bits per heavy atom. The fraction of sp³-hybridized carbons (Fsp3) is 0.0909. The number of nitrogens with zero attached hydrogens (tertiary/aromatic N) is 2. The summed E-state index contributed by atoms with van der Waals surface area (Å²) in [7, 11) is 0. The largest absolute Gasteiger partial charge is 0.416 e. The van der Waals surface area contributed by atoms with Gasteiger partial charge in [-0.05, 0) is 18.2 Å². The molecule has 0 bridgehead atoms. The van der Waals surface area contributed by atoms with Crippen molar-refractivity contribution >= 4 is 17.3 Å². The van der Waals surface area contributed by atoms with Gasteiger partial charge in [-0.3, -0.25) is 0 Å². The number of hydrogen-bond acceptors (Lipinski definition) is 4. The van der Waals surface area contributed by atoms with Crippen LogP contribution in [0.1, 0.15) is 5.56 Å². The fourth-order valence-electron chi connectivity index (χ4n) is 1.36. The Bertz CT molecular complexity index is 554. The summed E-state index contributed by atoms with van der Waals surface area (Å²) in [5.74, 6) is 0.340. The van der Waals surface area contributed by atoms with Gasteiger partial charge in [0.2, 0.25) is 0 Å². The van der Waals surface area contributed by atoms with Crippen LogP contribution in [-0.4, -0.2) is 9.97 Å². The first-order chi connectivity index (χ1) is 8.47. The lowest BCUT2D eigenvalue weighted by atomic mass is 10.2. The standard InChI is InChI=1S/C11H9F3N4/c12-11(13,14)7-2-1-3-8(6-7)18-10-9(15)16-4-5-17-10/h1-6H,(H2,15,16)(H,17,18). The zero-order valence-corrected chi connectivity index (χ0v) is 9.07. The van der Waals surface area contributed by atoms with Gasteiger partial charge in [0.25, 0.3) is 0 Å². The van der Waals surface area contributed by atoms with E-state index in [4.69, 9.17) is 5.73 Å². The highest BCUT2D eigenvalue weighted by Crippen LogP contribution is 2.31. The van der Waals surface area contributed by atoms with Crippen LogP contribution in [0.4, 0.5) is 30.5 Å². The Hall–Kier alpha value is -2.31. The summed E-state index contributed by atoms with van der Waals surface area (Å²) in [6, 6.07) is 4.76. The third-order valence-electron chi connectivity index (χ3n) is 2.18. The summed E-state index contributed by atoms with van der Waals surface area (Å²) >= 11 is 0. The number of aromatic nitrogens is 2. The highest BCUT2D eigenvalue weighted by Gasteiger charge is 2.30. The monoisotopic (exact) mass is 254 g/mol. The van der Waals surface area contributed by atoms with Crippen LogP contribution in [0.3, 0.4) is 0 Å². The van der Waals surface area contributed by atoms with Crippen LogP contribution >= 0.6 is 0 Å². The third kappa shape index (κ3) is 2.68. The summed E-state index contributed by atoms with van der Waals surface area (Å²) in [6.45, 7) is 0. The van der Waals surface area contributed by atoms with Gasteiger partial charge in [-0.15, -0.1) is 0 Å². The van der Waals surface area contributed by atoms with Crippen molar-refractivity contribution < 1.29 is 13.2 Å². The minimum absolute atomic E-state index is 0.120. The van der Waals surface area contributed by atoms with Crippen LogP contribution in [0.5, 0.6) is 0 Å². The van der Waals surface area contributed by atoms with Crippen LogP contribution in [0, 0.1) is 0 Å². The first kappa shape index (κ1) is 12.2. The van der Waals surface area contributed by atoms with Gasteiger partial charge in [-0.1, -0.05) is 6.07 Å². The number of nitrogen functional groups attached to an aromatic ring is 1. The Balaban J connectivity index is 2.28. The first-order valence-corrected chi connectivity index (χ1v) is 4.97. The van der Waals surface area contributed by atoms with Gasteiger partial charge >= 0.3 is 6.18 Å². The van der Waals surface area contributed by atoms with Crippen molar-refractivity contribution in [3.8, 4) is 0 Å². The predicted molar refractivity (Wildman–Crippen MR) is 61.2 cm³/mol. The minimum Gasteiger partial charge on any atom is -0.381 e. The van der Waals surface area contributed by atoms with Crippen molar-refractivity contribution in [3.05, 3.63) is 42.2 Å². The second-order valence-electron chi connectivity index (χ2n) is 3.49. The van der Waals surface area contributed by atoms with E-state index in [1.54, 1.807) is 0 Å². The van der Waals surface area contributed by atoms with Crippen LogP contribution in [0.25, 0.3) is 0 Å². The highest BCUT2D eigenvalue weighted by molar-refractivity contribution is 5.65. The first-order valence-electron chi connectivity index (χ1n) is 4.97. The van der Waals surface area contributed by atoms with Crippen LogP contribution < -0.4 is 11.1 Å². The second kappa shape index (κ2) is 4.52. The number of halogens is 3. The van der Waals surface area contributed by atoms with Crippen LogP contribution in [-0.2, 0) is 6.18 Å². The maximum atomic E-state index is 12.5. The zero-order chi connectivity index (χ0) is 13.2. The van der Waals surface area contributed by atoms with E-state index in [1.807, 2.05) is 0 Å². The van der Waals surface area contributed by atoms with Gasteiger partial charge in [0, 0.05) is 18.1 Å². The molecule has 0 aliphatic rings. The molecule has 0 aliphatic heterocycles. The van der Waals surface area contributed by atoms with E-state index < -0.39 is 11.7 Å². The molecule has 1 heterocycles. The molecule has 2 rings (SSSR count). The molecule has 7 heteroatoms. The third-order valence-corrected chi connectivity index (χ3v) is 2.18. The van der Waals surface area contributed by atoms with Gasteiger partial charge in [0.15, 0.2) is 11.6 Å². The smallest absolute Gasteiger partial charge is 0.381 e. The Kier molecular flexibility index (Phi) is 3.05. The Morgan fingerprint density at radius 2 is 1.83 bits per heavy atom. The van der Waals surface area contributed by atoms with E-state index in [-0.39, 0.29) is 17.3 Å². The molecular weight excluding hydrogens is 245 g/mol. The molecule has 1 aromatic carbocycles. The predicted octanol–water partition coefficient (Wildman–Crippen LogP) is 2.82. The molecule has 0 atom stereocenters. The quantitative estimate of drug-likeness (QED) is 0.864. The minimum atomic E-state index is -4.38.